The molecular formula is C31H26O4. The van der Waals surface area contributed by atoms with Crippen molar-refractivity contribution in [2.45, 2.75) is 31.6 Å². The van der Waals surface area contributed by atoms with Crippen molar-refractivity contribution in [3.8, 4) is 22.6 Å². The van der Waals surface area contributed by atoms with Crippen LogP contribution in [-0.2, 0) is 0 Å². The topological polar surface area (TPSA) is 52.6 Å². The van der Waals surface area contributed by atoms with E-state index in [9.17, 15) is 9.59 Å². The van der Waals surface area contributed by atoms with Gasteiger partial charge >= 0.3 is 11.9 Å². The first kappa shape index (κ1) is 22.6. The van der Waals surface area contributed by atoms with E-state index in [2.05, 4.69) is 6.07 Å². The van der Waals surface area contributed by atoms with Crippen LogP contribution in [0.1, 0.15) is 57.9 Å². The zero-order chi connectivity index (χ0) is 24.0. The zero-order valence-corrected chi connectivity index (χ0v) is 19.4. The van der Waals surface area contributed by atoms with Crippen molar-refractivity contribution in [3.63, 3.8) is 0 Å². The van der Waals surface area contributed by atoms with Crippen LogP contribution in [-0.4, -0.2) is 11.9 Å². The molecule has 1 aliphatic rings. The summed E-state index contributed by atoms with van der Waals surface area (Å²) in [7, 11) is 0. The monoisotopic (exact) mass is 462 g/mol. The first-order valence-electron chi connectivity index (χ1n) is 12.0. The molecule has 0 saturated heterocycles. The maximum Gasteiger partial charge on any atom is 0.343 e. The van der Waals surface area contributed by atoms with Crippen LogP contribution in [0.25, 0.3) is 11.1 Å². The van der Waals surface area contributed by atoms with E-state index in [0.717, 1.165) is 29.5 Å². The highest BCUT2D eigenvalue weighted by molar-refractivity contribution is 5.95. The van der Waals surface area contributed by atoms with Crippen LogP contribution >= 0.6 is 0 Å². The number of rotatable bonds is 6. The Morgan fingerprint density at radius 2 is 1.14 bits per heavy atom. The maximum atomic E-state index is 13.1. The number of hydrogen-bond donors (Lipinski definition) is 0. The van der Waals surface area contributed by atoms with Crippen LogP contribution in [0.4, 0.5) is 0 Å². The summed E-state index contributed by atoms with van der Waals surface area (Å²) in [6.07, 6.45) is 4.53. The Hall–Kier alpha value is -4.18. The average Bonchev–Trinajstić information content (AvgIpc) is 3.46. The predicted octanol–water partition coefficient (Wildman–Crippen LogP) is 7.45. The van der Waals surface area contributed by atoms with Gasteiger partial charge in [-0.15, -0.1) is 0 Å². The summed E-state index contributed by atoms with van der Waals surface area (Å²) in [6, 6.07) is 31.4. The molecule has 0 amide bonds. The highest BCUT2D eigenvalue weighted by Gasteiger charge is 2.25. The van der Waals surface area contributed by atoms with Gasteiger partial charge in [0.2, 0.25) is 0 Å². The second kappa shape index (κ2) is 10.4. The maximum absolute atomic E-state index is 13.1. The van der Waals surface area contributed by atoms with E-state index < -0.39 is 11.9 Å². The molecule has 0 unspecified atom stereocenters. The van der Waals surface area contributed by atoms with E-state index in [1.807, 2.05) is 48.5 Å². The molecule has 0 atom stereocenters. The van der Waals surface area contributed by atoms with Gasteiger partial charge in [-0.3, -0.25) is 0 Å². The standard InChI is InChI=1S/C31H26O4/c32-30(24-16-6-2-7-17-24)34-28-21-26(22-12-10-11-13-22)20-27(23-14-4-1-5-15-23)29(28)35-31(33)25-18-8-3-9-19-25/h1-9,14-22H,10-13H2. The number of esters is 2. The Morgan fingerprint density at radius 1 is 0.629 bits per heavy atom. The van der Waals surface area contributed by atoms with Gasteiger partial charge in [0.1, 0.15) is 0 Å². The highest BCUT2D eigenvalue weighted by Crippen LogP contribution is 2.45. The Balaban J connectivity index is 1.63. The summed E-state index contributed by atoms with van der Waals surface area (Å²) in [5.41, 5.74) is 3.57. The van der Waals surface area contributed by atoms with E-state index in [-0.39, 0.29) is 11.5 Å². The Bertz CT molecular complexity index is 1310. The van der Waals surface area contributed by atoms with E-state index >= 15 is 0 Å². The summed E-state index contributed by atoms with van der Waals surface area (Å²) in [4.78, 5) is 26.1. The molecule has 5 rings (SSSR count). The first-order valence-corrected chi connectivity index (χ1v) is 12.0. The fourth-order valence-electron chi connectivity index (χ4n) is 4.59. The van der Waals surface area contributed by atoms with E-state index in [1.54, 1.807) is 48.5 Å². The Morgan fingerprint density at radius 3 is 1.71 bits per heavy atom. The summed E-state index contributed by atoms with van der Waals surface area (Å²) in [6.45, 7) is 0. The summed E-state index contributed by atoms with van der Waals surface area (Å²) < 4.78 is 11.9. The van der Waals surface area contributed by atoms with E-state index in [0.29, 0.717) is 17.0 Å². The fourth-order valence-corrected chi connectivity index (χ4v) is 4.59. The van der Waals surface area contributed by atoms with Crippen molar-refractivity contribution < 1.29 is 19.1 Å². The molecule has 0 spiro atoms. The smallest absolute Gasteiger partial charge is 0.343 e. The molecule has 0 aliphatic heterocycles. The molecule has 0 radical (unpaired) electrons. The molecule has 0 bridgehead atoms. The fraction of sp³-hybridized carbons (Fsp3) is 0.161. The minimum atomic E-state index is -0.506. The molecular weight excluding hydrogens is 436 g/mol. The van der Waals surface area contributed by atoms with Crippen molar-refractivity contribution in [1.82, 2.24) is 0 Å². The van der Waals surface area contributed by atoms with Gasteiger partial charge in [0, 0.05) is 5.56 Å². The lowest BCUT2D eigenvalue weighted by Gasteiger charge is -2.19. The zero-order valence-electron chi connectivity index (χ0n) is 19.4. The number of ether oxygens (including phenoxy) is 2. The largest absolute Gasteiger partial charge is 0.419 e. The third-order valence-electron chi connectivity index (χ3n) is 6.40. The minimum Gasteiger partial charge on any atom is -0.419 e. The quantitative estimate of drug-likeness (QED) is 0.221. The third-order valence-corrected chi connectivity index (χ3v) is 6.40. The molecule has 0 aromatic heterocycles. The normalized spacial score (nSPS) is 13.4. The molecule has 1 saturated carbocycles. The average molecular weight is 463 g/mol. The number of benzene rings is 4. The third kappa shape index (κ3) is 5.17. The lowest BCUT2D eigenvalue weighted by atomic mass is 9.92. The van der Waals surface area contributed by atoms with E-state index in [4.69, 9.17) is 9.47 Å². The van der Waals surface area contributed by atoms with Gasteiger partial charge in [0.25, 0.3) is 0 Å². The van der Waals surface area contributed by atoms with Gasteiger partial charge in [-0.05, 0) is 66.3 Å². The van der Waals surface area contributed by atoms with Crippen LogP contribution in [0.2, 0.25) is 0 Å². The summed E-state index contributed by atoms with van der Waals surface area (Å²) in [5, 5.41) is 0. The van der Waals surface area contributed by atoms with Gasteiger partial charge < -0.3 is 9.47 Å². The van der Waals surface area contributed by atoms with Gasteiger partial charge in [-0.25, -0.2) is 9.59 Å². The molecule has 0 heterocycles. The SMILES string of the molecule is O=C(Oc1cc(C2CCCC2)cc(-c2ccccc2)c1OC(=O)c1ccccc1)c1ccccc1. The number of carbonyl (C=O) groups excluding carboxylic acids is 2. The van der Waals surface area contributed by atoms with Gasteiger partial charge in [-0.1, -0.05) is 79.6 Å². The van der Waals surface area contributed by atoms with Crippen molar-refractivity contribution in [1.29, 1.82) is 0 Å². The molecule has 1 aliphatic carbocycles. The highest BCUT2D eigenvalue weighted by atomic mass is 16.6. The minimum absolute atomic E-state index is 0.246. The van der Waals surface area contributed by atoms with Crippen LogP contribution in [0.5, 0.6) is 11.5 Å². The van der Waals surface area contributed by atoms with Gasteiger partial charge in [0.15, 0.2) is 11.5 Å². The van der Waals surface area contributed by atoms with Crippen molar-refractivity contribution in [2.75, 3.05) is 0 Å². The van der Waals surface area contributed by atoms with Crippen molar-refractivity contribution in [3.05, 3.63) is 120 Å². The van der Waals surface area contributed by atoms with Crippen molar-refractivity contribution >= 4 is 11.9 Å². The molecule has 0 N–H and O–H groups in total. The van der Waals surface area contributed by atoms with Crippen molar-refractivity contribution in [2.24, 2.45) is 0 Å². The molecule has 4 aromatic rings. The van der Waals surface area contributed by atoms with Gasteiger partial charge in [-0.2, -0.15) is 0 Å². The second-order valence-electron chi connectivity index (χ2n) is 8.75. The number of hydrogen-bond acceptors (Lipinski definition) is 4. The first-order chi connectivity index (χ1) is 17.2. The van der Waals surface area contributed by atoms with Crippen LogP contribution in [0.15, 0.2) is 103 Å². The number of carbonyl (C=O) groups is 2. The molecule has 1 fully saturated rings. The molecule has 4 aromatic carbocycles. The van der Waals surface area contributed by atoms with Gasteiger partial charge in [0.05, 0.1) is 11.1 Å². The summed E-state index contributed by atoms with van der Waals surface area (Å²) >= 11 is 0. The van der Waals surface area contributed by atoms with Crippen LogP contribution < -0.4 is 9.47 Å². The van der Waals surface area contributed by atoms with Crippen LogP contribution in [0.3, 0.4) is 0 Å². The molecule has 35 heavy (non-hydrogen) atoms. The second-order valence-corrected chi connectivity index (χ2v) is 8.75. The molecule has 4 heteroatoms. The Labute approximate surface area is 205 Å². The molecule has 4 nitrogen and oxygen atoms in total. The van der Waals surface area contributed by atoms with Crippen LogP contribution in [0, 0.1) is 0 Å². The predicted molar refractivity (Wildman–Crippen MR) is 136 cm³/mol. The Kier molecular flexibility index (Phi) is 6.71. The summed E-state index contributed by atoms with van der Waals surface area (Å²) in [5.74, 6) is -0.119. The molecule has 174 valence electrons. The lowest BCUT2D eigenvalue weighted by Crippen LogP contribution is -2.14. The lowest BCUT2D eigenvalue weighted by molar-refractivity contribution is 0.0683. The van der Waals surface area contributed by atoms with E-state index in [1.165, 1.54) is 12.8 Å².